The van der Waals surface area contributed by atoms with Gasteiger partial charge in [0.15, 0.2) is 0 Å². The molecule has 0 saturated heterocycles. The molecule has 3 rings (SSSR count). The van der Waals surface area contributed by atoms with E-state index in [2.05, 4.69) is 14.8 Å². The van der Waals surface area contributed by atoms with E-state index in [1.54, 1.807) is 25.1 Å². The SMILES string of the molecule is Cc1c(Cl)cccc1NS(=O)(=O)c1ccc(NC(=O)c2ccc(NS(C)(=O)=O)cc2)cc1. The van der Waals surface area contributed by atoms with Gasteiger partial charge in [-0.2, -0.15) is 0 Å². The molecule has 0 aliphatic heterocycles. The van der Waals surface area contributed by atoms with Gasteiger partial charge in [-0.05, 0) is 73.2 Å². The summed E-state index contributed by atoms with van der Waals surface area (Å²) in [5.41, 5.74) is 2.02. The average Bonchev–Trinajstić information content (AvgIpc) is 2.71. The Balaban J connectivity index is 1.70. The van der Waals surface area contributed by atoms with E-state index in [1.165, 1.54) is 48.5 Å². The van der Waals surface area contributed by atoms with Crippen LogP contribution in [0.2, 0.25) is 5.02 Å². The van der Waals surface area contributed by atoms with E-state index in [4.69, 9.17) is 11.6 Å². The summed E-state index contributed by atoms with van der Waals surface area (Å²) in [6, 6.07) is 16.5. The molecule has 32 heavy (non-hydrogen) atoms. The molecule has 3 N–H and O–H groups in total. The Hall–Kier alpha value is -3.08. The number of amides is 1. The van der Waals surface area contributed by atoms with E-state index in [1.807, 2.05) is 0 Å². The molecule has 0 heterocycles. The van der Waals surface area contributed by atoms with Crippen molar-refractivity contribution in [3.8, 4) is 0 Å². The van der Waals surface area contributed by atoms with Crippen LogP contribution in [-0.2, 0) is 20.0 Å². The molecule has 0 aliphatic rings. The highest BCUT2D eigenvalue weighted by atomic mass is 35.5. The van der Waals surface area contributed by atoms with Gasteiger partial charge in [0.1, 0.15) is 0 Å². The number of carbonyl (C=O) groups excluding carboxylic acids is 1. The minimum atomic E-state index is -3.85. The minimum absolute atomic E-state index is 0.0195. The Morgan fingerprint density at radius 3 is 2.00 bits per heavy atom. The summed E-state index contributed by atoms with van der Waals surface area (Å²) in [4.78, 5) is 12.4. The van der Waals surface area contributed by atoms with Gasteiger partial charge in [0.05, 0.1) is 16.8 Å². The van der Waals surface area contributed by atoms with Crippen molar-refractivity contribution in [2.24, 2.45) is 0 Å². The van der Waals surface area contributed by atoms with E-state index < -0.39 is 26.0 Å². The van der Waals surface area contributed by atoms with Gasteiger partial charge >= 0.3 is 0 Å². The number of benzene rings is 3. The van der Waals surface area contributed by atoms with Crippen LogP contribution in [0.1, 0.15) is 15.9 Å². The van der Waals surface area contributed by atoms with E-state index in [-0.39, 0.29) is 4.90 Å². The topological polar surface area (TPSA) is 121 Å². The second-order valence-electron chi connectivity index (χ2n) is 6.95. The lowest BCUT2D eigenvalue weighted by atomic mass is 10.2. The zero-order valence-electron chi connectivity index (χ0n) is 17.1. The van der Waals surface area contributed by atoms with Gasteiger partial charge in [-0.1, -0.05) is 17.7 Å². The number of anilines is 3. The highest BCUT2D eigenvalue weighted by Gasteiger charge is 2.16. The number of hydrogen-bond acceptors (Lipinski definition) is 5. The van der Waals surface area contributed by atoms with Crippen LogP contribution in [0, 0.1) is 6.92 Å². The first kappa shape index (κ1) is 23.6. The molecule has 11 heteroatoms. The zero-order valence-corrected chi connectivity index (χ0v) is 19.5. The summed E-state index contributed by atoms with van der Waals surface area (Å²) in [6.45, 7) is 1.71. The van der Waals surface area contributed by atoms with Gasteiger partial charge < -0.3 is 5.32 Å². The number of sulfonamides is 2. The van der Waals surface area contributed by atoms with Gasteiger partial charge in [0.2, 0.25) is 10.0 Å². The molecule has 1 amide bonds. The predicted molar refractivity (Wildman–Crippen MR) is 126 cm³/mol. The molecule has 0 saturated carbocycles. The quantitative estimate of drug-likeness (QED) is 0.458. The number of halogens is 1. The summed E-state index contributed by atoms with van der Waals surface area (Å²) in [5, 5.41) is 3.11. The largest absolute Gasteiger partial charge is 0.322 e. The normalized spacial score (nSPS) is 11.6. The first-order valence-corrected chi connectivity index (χ1v) is 13.0. The van der Waals surface area contributed by atoms with Crippen LogP contribution < -0.4 is 14.8 Å². The van der Waals surface area contributed by atoms with Crippen LogP contribution in [0.5, 0.6) is 0 Å². The molecule has 3 aromatic rings. The second-order valence-corrected chi connectivity index (χ2v) is 10.8. The van der Waals surface area contributed by atoms with Crippen molar-refractivity contribution >= 4 is 54.6 Å². The zero-order chi connectivity index (χ0) is 23.5. The standard InChI is InChI=1S/C21H20ClN3O5S2/c1-14-19(22)4-3-5-20(14)25-32(29,30)18-12-10-16(11-13-18)23-21(26)15-6-8-17(9-7-15)24-31(2,27)28/h3-13,24-25H,1-2H3,(H,23,26). The molecular formula is C21H20ClN3O5S2. The van der Waals surface area contributed by atoms with Crippen molar-refractivity contribution in [3.63, 3.8) is 0 Å². The molecule has 8 nitrogen and oxygen atoms in total. The Labute approximate surface area is 191 Å². The van der Waals surface area contributed by atoms with Gasteiger partial charge in [-0.25, -0.2) is 16.8 Å². The lowest BCUT2D eigenvalue weighted by molar-refractivity contribution is 0.102. The monoisotopic (exact) mass is 493 g/mol. The van der Waals surface area contributed by atoms with Crippen LogP contribution in [-0.4, -0.2) is 29.0 Å². The first-order valence-electron chi connectivity index (χ1n) is 9.22. The summed E-state index contributed by atoms with van der Waals surface area (Å²) in [7, 11) is -7.26. The lowest BCUT2D eigenvalue weighted by Crippen LogP contribution is -2.15. The Morgan fingerprint density at radius 2 is 1.41 bits per heavy atom. The summed E-state index contributed by atoms with van der Waals surface area (Å²) < 4.78 is 52.6. The van der Waals surface area contributed by atoms with Gasteiger partial charge in [-0.3, -0.25) is 14.2 Å². The average molecular weight is 494 g/mol. The van der Waals surface area contributed by atoms with Gasteiger partial charge in [0.25, 0.3) is 15.9 Å². The van der Waals surface area contributed by atoms with Crippen molar-refractivity contribution in [1.82, 2.24) is 0 Å². The van der Waals surface area contributed by atoms with Crippen LogP contribution in [0.4, 0.5) is 17.1 Å². The van der Waals surface area contributed by atoms with Crippen molar-refractivity contribution in [3.05, 3.63) is 82.9 Å². The maximum atomic E-state index is 12.7. The fourth-order valence-corrected chi connectivity index (χ4v) is 4.61. The molecule has 0 spiro atoms. The molecule has 0 bridgehead atoms. The second kappa shape index (κ2) is 9.19. The summed E-state index contributed by atoms with van der Waals surface area (Å²) in [5.74, 6) is -0.431. The highest BCUT2D eigenvalue weighted by molar-refractivity contribution is 7.92. The number of hydrogen-bond donors (Lipinski definition) is 3. The first-order chi connectivity index (χ1) is 14.9. The number of nitrogens with one attached hydrogen (secondary N) is 3. The van der Waals surface area contributed by atoms with Crippen molar-refractivity contribution in [1.29, 1.82) is 0 Å². The molecule has 0 fully saturated rings. The maximum Gasteiger partial charge on any atom is 0.261 e. The molecule has 168 valence electrons. The van der Waals surface area contributed by atoms with Crippen LogP contribution >= 0.6 is 11.6 Å². The third-order valence-corrected chi connectivity index (χ3v) is 6.78. The number of carbonyl (C=O) groups is 1. The smallest absolute Gasteiger partial charge is 0.261 e. The van der Waals surface area contributed by atoms with E-state index in [0.29, 0.717) is 33.2 Å². The maximum absolute atomic E-state index is 12.7. The van der Waals surface area contributed by atoms with Gasteiger partial charge in [0, 0.05) is 22.0 Å². The number of rotatable bonds is 7. The molecule has 3 aromatic carbocycles. The summed E-state index contributed by atoms with van der Waals surface area (Å²) in [6.07, 6.45) is 1.03. The Bertz CT molecular complexity index is 1360. The van der Waals surface area contributed by atoms with E-state index >= 15 is 0 Å². The van der Waals surface area contributed by atoms with Crippen LogP contribution in [0.3, 0.4) is 0 Å². The lowest BCUT2D eigenvalue weighted by Gasteiger charge is -2.12. The molecular weight excluding hydrogens is 474 g/mol. The Kier molecular flexibility index (Phi) is 6.77. The summed E-state index contributed by atoms with van der Waals surface area (Å²) >= 11 is 6.04. The molecule has 0 aliphatic carbocycles. The fraction of sp³-hybridized carbons (Fsp3) is 0.0952. The Morgan fingerprint density at radius 1 is 0.812 bits per heavy atom. The van der Waals surface area contributed by atoms with E-state index in [9.17, 15) is 21.6 Å². The molecule has 0 aromatic heterocycles. The third kappa shape index (κ3) is 6.00. The fourth-order valence-electron chi connectivity index (χ4n) is 2.75. The molecule has 0 unspecified atom stereocenters. The van der Waals surface area contributed by atoms with Crippen LogP contribution in [0.25, 0.3) is 0 Å². The van der Waals surface area contributed by atoms with E-state index in [0.717, 1.165) is 6.26 Å². The highest BCUT2D eigenvalue weighted by Crippen LogP contribution is 2.26. The minimum Gasteiger partial charge on any atom is -0.322 e. The van der Waals surface area contributed by atoms with Crippen molar-refractivity contribution < 1.29 is 21.6 Å². The van der Waals surface area contributed by atoms with Gasteiger partial charge in [-0.15, -0.1) is 0 Å². The van der Waals surface area contributed by atoms with Crippen LogP contribution in [0.15, 0.2) is 71.6 Å². The molecule has 0 radical (unpaired) electrons. The van der Waals surface area contributed by atoms with Crippen molar-refractivity contribution in [2.75, 3.05) is 21.0 Å². The third-order valence-electron chi connectivity index (χ3n) is 4.38. The molecule has 0 atom stereocenters. The van der Waals surface area contributed by atoms with Crippen molar-refractivity contribution in [2.45, 2.75) is 11.8 Å². The predicted octanol–water partition coefficient (Wildman–Crippen LogP) is 4.07.